The van der Waals surface area contributed by atoms with Gasteiger partial charge in [0.15, 0.2) is 5.69 Å². The SMILES string of the molecule is Cc1ccc(-c2nc(C(=O)N[C@H]3CCCNC3)c(NC(N)=O)s2)cc1. The first-order chi connectivity index (χ1) is 12.0. The highest BCUT2D eigenvalue weighted by Gasteiger charge is 2.23. The van der Waals surface area contributed by atoms with E-state index in [1.807, 2.05) is 31.2 Å². The number of nitrogens with one attached hydrogen (secondary N) is 3. The Kier molecular flexibility index (Phi) is 5.30. The maximum Gasteiger partial charge on any atom is 0.317 e. The van der Waals surface area contributed by atoms with Gasteiger partial charge in [-0.25, -0.2) is 9.78 Å². The predicted octanol–water partition coefficient (Wildman–Crippen LogP) is 2.09. The lowest BCUT2D eigenvalue weighted by molar-refractivity contribution is 0.0927. The van der Waals surface area contributed by atoms with E-state index in [4.69, 9.17) is 5.73 Å². The summed E-state index contributed by atoms with van der Waals surface area (Å²) in [5, 5.41) is 9.77. The molecular weight excluding hydrogens is 338 g/mol. The molecule has 1 aliphatic heterocycles. The average molecular weight is 359 g/mol. The van der Waals surface area contributed by atoms with E-state index in [2.05, 4.69) is 20.9 Å². The van der Waals surface area contributed by atoms with Crippen LogP contribution in [-0.4, -0.2) is 36.1 Å². The fourth-order valence-corrected chi connectivity index (χ4v) is 3.69. The molecule has 2 aromatic rings. The molecule has 0 bridgehead atoms. The molecule has 7 nitrogen and oxygen atoms in total. The Hall–Kier alpha value is -2.45. The van der Waals surface area contributed by atoms with E-state index in [0.717, 1.165) is 37.1 Å². The van der Waals surface area contributed by atoms with E-state index in [-0.39, 0.29) is 17.6 Å². The topological polar surface area (TPSA) is 109 Å². The van der Waals surface area contributed by atoms with E-state index in [0.29, 0.717) is 10.0 Å². The first-order valence-electron chi connectivity index (χ1n) is 8.19. The number of nitrogens with two attached hydrogens (primary N) is 1. The van der Waals surface area contributed by atoms with Crippen LogP contribution in [0.15, 0.2) is 24.3 Å². The van der Waals surface area contributed by atoms with Crippen molar-refractivity contribution in [3.63, 3.8) is 0 Å². The van der Waals surface area contributed by atoms with Gasteiger partial charge in [0.05, 0.1) is 0 Å². The van der Waals surface area contributed by atoms with Gasteiger partial charge in [-0.15, -0.1) is 0 Å². The summed E-state index contributed by atoms with van der Waals surface area (Å²) in [5.41, 5.74) is 7.46. The number of hydrogen-bond donors (Lipinski definition) is 4. The van der Waals surface area contributed by atoms with Gasteiger partial charge in [-0.2, -0.15) is 0 Å². The number of piperidine rings is 1. The lowest BCUT2D eigenvalue weighted by Crippen LogP contribution is -2.45. The Morgan fingerprint density at radius 3 is 2.72 bits per heavy atom. The summed E-state index contributed by atoms with van der Waals surface area (Å²) in [5.74, 6) is -0.299. The number of carbonyl (C=O) groups is 2. The summed E-state index contributed by atoms with van der Waals surface area (Å²) < 4.78 is 0. The summed E-state index contributed by atoms with van der Waals surface area (Å²) in [6.45, 7) is 3.71. The normalized spacial score (nSPS) is 17.1. The Morgan fingerprint density at radius 2 is 2.08 bits per heavy atom. The second-order valence-corrected chi connectivity index (χ2v) is 7.07. The van der Waals surface area contributed by atoms with Gasteiger partial charge in [0.25, 0.3) is 5.91 Å². The number of nitrogens with zero attached hydrogens (tertiary/aromatic N) is 1. The van der Waals surface area contributed by atoms with Gasteiger partial charge in [-0.1, -0.05) is 41.2 Å². The Bertz CT molecular complexity index is 766. The second-order valence-electron chi connectivity index (χ2n) is 6.07. The van der Waals surface area contributed by atoms with Crippen molar-refractivity contribution in [3.05, 3.63) is 35.5 Å². The van der Waals surface area contributed by atoms with Crippen LogP contribution in [0.4, 0.5) is 9.80 Å². The van der Waals surface area contributed by atoms with Gasteiger partial charge < -0.3 is 16.4 Å². The molecule has 3 rings (SSSR count). The van der Waals surface area contributed by atoms with Gasteiger partial charge in [-0.3, -0.25) is 10.1 Å². The lowest BCUT2D eigenvalue weighted by Gasteiger charge is -2.23. The third-order valence-electron chi connectivity index (χ3n) is 4.01. The molecule has 0 spiro atoms. The molecular formula is C17H21N5O2S. The van der Waals surface area contributed by atoms with E-state index in [1.165, 1.54) is 11.3 Å². The molecule has 132 valence electrons. The smallest absolute Gasteiger partial charge is 0.317 e. The van der Waals surface area contributed by atoms with Crippen LogP contribution in [0.3, 0.4) is 0 Å². The summed E-state index contributed by atoms with van der Waals surface area (Å²) in [6, 6.07) is 7.18. The number of primary amides is 1. The summed E-state index contributed by atoms with van der Waals surface area (Å²) in [4.78, 5) is 28.3. The van der Waals surface area contributed by atoms with Crippen LogP contribution in [0.25, 0.3) is 10.6 Å². The molecule has 1 aromatic carbocycles. The Morgan fingerprint density at radius 1 is 1.32 bits per heavy atom. The zero-order chi connectivity index (χ0) is 17.8. The van der Waals surface area contributed by atoms with Crippen molar-refractivity contribution in [2.24, 2.45) is 5.73 Å². The highest BCUT2D eigenvalue weighted by molar-refractivity contribution is 7.19. The standard InChI is InChI=1S/C17H21N5O2S/c1-10-4-6-11(7-5-10)15-21-13(16(25-15)22-17(18)24)14(23)20-12-3-2-8-19-9-12/h4-7,12,19H,2-3,8-9H2,1H3,(H,20,23)(H3,18,22,24)/t12-/m0/s1. The monoisotopic (exact) mass is 359 g/mol. The van der Waals surface area contributed by atoms with Crippen molar-refractivity contribution in [1.82, 2.24) is 15.6 Å². The van der Waals surface area contributed by atoms with Crippen molar-refractivity contribution < 1.29 is 9.59 Å². The first-order valence-corrected chi connectivity index (χ1v) is 9.00. The van der Waals surface area contributed by atoms with Crippen LogP contribution < -0.4 is 21.7 Å². The minimum absolute atomic E-state index is 0.0622. The molecule has 8 heteroatoms. The summed E-state index contributed by atoms with van der Waals surface area (Å²) in [7, 11) is 0. The zero-order valence-corrected chi connectivity index (χ0v) is 14.8. The van der Waals surface area contributed by atoms with Gasteiger partial charge in [0, 0.05) is 18.2 Å². The number of benzene rings is 1. The maximum atomic E-state index is 12.6. The lowest BCUT2D eigenvalue weighted by atomic mass is 10.1. The van der Waals surface area contributed by atoms with Crippen LogP contribution >= 0.6 is 11.3 Å². The summed E-state index contributed by atoms with van der Waals surface area (Å²) in [6.07, 6.45) is 1.94. The molecule has 0 radical (unpaired) electrons. The molecule has 1 aliphatic rings. The Balaban J connectivity index is 1.86. The van der Waals surface area contributed by atoms with Gasteiger partial charge in [0.2, 0.25) is 0 Å². The fraction of sp³-hybridized carbons (Fsp3) is 0.353. The molecule has 25 heavy (non-hydrogen) atoms. The Labute approximate surface area is 150 Å². The van der Waals surface area contributed by atoms with E-state index >= 15 is 0 Å². The first kappa shape index (κ1) is 17.4. The van der Waals surface area contributed by atoms with E-state index in [1.54, 1.807) is 0 Å². The van der Waals surface area contributed by atoms with E-state index < -0.39 is 6.03 Å². The molecule has 1 atom stereocenters. The highest BCUT2D eigenvalue weighted by atomic mass is 32.1. The van der Waals surface area contributed by atoms with Crippen molar-refractivity contribution >= 4 is 28.3 Å². The zero-order valence-electron chi connectivity index (χ0n) is 14.0. The van der Waals surface area contributed by atoms with Gasteiger partial charge in [0.1, 0.15) is 10.0 Å². The number of rotatable bonds is 4. The number of hydrogen-bond acceptors (Lipinski definition) is 5. The quantitative estimate of drug-likeness (QED) is 0.670. The molecule has 0 unspecified atom stereocenters. The molecule has 0 saturated carbocycles. The fourth-order valence-electron chi connectivity index (χ4n) is 2.72. The molecule has 0 aliphatic carbocycles. The minimum Gasteiger partial charge on any atom is -0.351 e. The predicted molar refractivity (Wildman–Crippen MR) is 98.9 cm³/mol. The number of anilines is 1. The number of aromatic nitrogens is 1. The molecule has 1 aromatic heterocycles. The van der Waals surface area contributed by atoms with E-state index in [9.17, 15) is 9.59 Å². The van der Waals surface area contributed by atoms with Crippen LogP contribution in [0.2, 0.25) is 0 Å². The second kappa shape index (κ2) is 7.62. The summed E-state index contributed by atoms with van der Waals surface area (Å²) >= 11 is 1.24. The van der Waals surface area contributed by atoms with Crippen LogP contribution in [-0.2, 0) is 0 Å². The van der Waals surface area contributed by atoms with Crippen molar-refractivity contribution in [2.75, 3.05) is 18.4 Å². The van der Waals surface area contributed by atoms with Crippen molar-refractivity contribution in [3.8, 4) is 10.6 Å². The van der Waals surface area contributed by atoms with Crippen LogP contribution in [0.1, 0.15) is 28.9 Å². The van der Waals surface area contributed by atoms with Crippen LogP contribution in [0.5, 0.6) is 0 Å². The van der Waals surface area contributed by atoms with Crippen molar-refractivity contribution in [1.29, 1.82) is 0 Å². The largest absolute Gasteiger partial charge is 0.351 e. The van der Waals surface area contributed by atoms with Crippen LogP contribution in [0, 0.1) is 6.92 Å². The molecule has 3 amide bonds. The minimum atomic E-state index is -0.715. The third-order valence-corrected chi connectivity index (χ3v) is 5.03. The molecule has 2 heterocycles. The number of carbonyl (C=O) groups excluding carboxylic acids is 2. The number of amides is 3. The molecule has 1 fully saturated rings. The van der Waals surface area contributed by atoms with Gasteiger partial charge >= 0.3 is 6.03 Å². The number of thiazole rings is 1. The van der Waals surface area contributed by atoms with Crippen molar-refractivity contribution in [2.45, 2.75) is 25.8 Å². The molecule has 1 saturated heterocycles. The third kappa shape index (κ3) is 4.34. The maximum absolute atomic E-state index is 12.6. The number of urea groups is 1. The number of aryl methyl sites for hydroxylation is 1. The van der Waals surface area contributed by atoms with Gasteiger partial charge in [-0.05, 0) is 26.3 Å². The average Bonchev–Trinajstić information content (AvgIpc) is 2.99. The molecule has 5 N–H and O–H groups in total. The highest BCUT2D eigenvalue weighted by Crippen LogP contribution is 2.32.